The van der Waals surface area contributed by atoms with E-state index >= 15 is 0 Å². The second-order valence-electron chi connectivity index (χ2n) is 6.24. The Morgan fingerprint density at radius 2 is 1.46 bits per heavy atom. The number of hydrogen-bond donors (Lipinski definition) is 0. The van der Waals surface area contributed by atoms with Crippen LogP contribution in [0.15, 0.2) is 48.5 Å². The fraction of sp³-hybridized carbons (Fsp3) is 0.300. The summed E-state index contributed by atoms with van der Waals surface area (Å²) in [6.45, 7) is 0.427. The van der Waals surface area contributed by atoms with Crippen LogP contribution in [0.2, 0.25) is 6.04 Å². The zero-order valence-corrected chi connectivity index (χ0v) is 17.1. The molecule has 0 fully saturated rings. The highest BCUT2D eigenvalue weighted by Gasteiger charge is 2.37. The van der Waals surface area contributed by atoms with Gasteiger partial charge in [0.15, 0.2) is 0 Å². The van der Waals surface area contributed by atoms with Gasteiger partial charge in [-0.3, -0.25) is 9.59 Å². The predicted octanol–water partition coefficient (Wildman–Crippen LogP) is 3.13. The summed E-state index contributed by atoms with van der Waals surface area (Å²) in [5.41, 5.74) is 1.32. The number of fused-ring (bicyclic) bond motifs is 1. The number of anilines is 1. The number of nitrogens with zero attached hydrogens (tertiary/aromatic N) is 1. The number of hydrogen-bond acceptors (Lipinski definition) is 6. The minimum Gasteiger partial charge on any atom is -0.494 e. The van der Waals surface area contributed by atoms with Crippen LogP contribution in [-0.4, -0.2) is 48.6 Å². The van der Waals surface area contributed by atoms with E-state index in [-0.39, 0.29) is 11.8 Å². The lowest BCUT2D eigenvalue weighted by Gasteiger charge is -2.24. The summed E-state index contributed by atoms with van der Waals surface area (Å²) in [4.78, 5) is 26.4. The Balaban J connectivity index is 1.66. The number of rotatable bonds is 9. The molecule has 0 saturated carbocycles. The Kier molecular flexibility index (Phi) is 6.25. The number of ether oxygens (including phenoxy) is 1. The van der Waals surface area contributed by atoms with Crippen molar-refractivity contribution in [1.29, 1.82) is 0 Å². The van der Waals surface area contributed by atoms with Crippen molar-refractivity contribution in [3.8, 4) is 5.75 Å². The fourth-order valence-corrected chi connectivity index (χ4v) is 4.86. The molecule has 1 aliphatic heterocycles. The van der Waals surface area contributed by atoms with Crippen LogP contribution in [0.3, 0.4) is 0 Å². The van der Waals surface area contributed by atoms with Crippen molar-refractivity contribution >= 4 is 26.3 Å². The van der Waals surface area contributed by atoms with Crippen molar-refractivity contribution in [3.05, 3.63) is 59.7 Å². The smallest absolute Gasteiger partial charge is 0.494 e. The fourth-order valence-electron chi connectivity index (χ4n) is 3.17. The lowest BCUT2D eigenvalue weighted by Crippen LogP contribution is -2.42. The maximum atomic E-state index is 12.6. The number of imide groups is 1. The largest absolute Gasteiger partial charge is 0.500 e. The topological polar surface area (TPSA) is 74.3 Å². The molecule has 0 bridgehead atoms. The number of benzene rings is 2. The van der Waals surface area contributed by atoms with Gasteiger partial charge in [0.25, 0.3) is 11.8 Å². The lowest BCUT2D eigenvalue weighted by atomic mass is 10.1. The van der Waals surface area contributed by atoms with Gasteiger partial charge in [0.1, 0.15) is 5.75 Å². The molecule has 0 spiro atoms. The van der Waals surface area contributed by atoms with Crippen molar-refractivity contribution in [2.75, 3.05) is 32.8 Å². The Hall–Kier alpha value is -2.52. The highest BCUT2D eigenvalue weighted by Crippen LogP contribution is 2.30. The third-order valence-electron chi connectivity index (χ3n) is 4.70. The van der Waals surface area contributed by atoms with Crippen LogP contribution in [0, 0.1) is 0 Å². The highest BCUT2D eigenvalue weighted by atomic mass is 28.4. The van der Waals surface area contributed by atoms with Gasteiger partial charge in [-0.05, 0) is 30.7 Å². The Bertz CT molecular complexity index is 824. The van der Waals surface area contributed by atoms with Crippen molar-refractivity contribution in [1.82, 2.24) is 0 Å². The standard InChI is InChI=1S/C20H23NO6Si/c1-24-28(25-2,26-3)13-7-12-27-16-9-6-8-15(14-16)21-19(22)17-10-4-5-11-18(17)20(21)23/h4-6,8-11,14H,7,12-13H2,1-3H3. The zero-order chi connectivity index (χ0) is 20.1. The molecular weight excluding hydrogens is 378 g/mol. The second kappa shape index (κ2) is 8.66. The molecule has 28 heavy (non-hydrogen) atoms. The first kappa shape index (κ1) is 20.2. The Morgan fingerprint density at radius 3 is 2.04 bits per heavy atom. The summed E-state index contributed by atoms with van der Waals surface area (Å²) in [6, 6.07) is 14.4. The number of carbonyl (C=O) groups is 2. The molecule has 2 aromatic rings. The van der Waals surface area contributed by atoms with Crippen LogP contribution >= 0.6 is 0 Å². The molecule has 1 aliphatic rings. The molecule has 2 amide bonds. The molecule has 3 rings (SSSR count). The predicted molar refractivity (Wildman–Crippen MR) is 106 cm³/mol. The molecule has 8 heteroatoms. The molecular formula is C20H23NO6Si. The average molecular weight is 401 g/mol. The van der Waals surface area contributed by atoms with Crippen molar-refractivity contribution in [2.24, 2.45) is 0 Å². The van der Waals surface area contributed by atoms with E-state index in [9.17, 15) is 9.59 Å². The van der Waals surface area contributed by atoms with Gasteiger partial charge in [0, 0.05) is 33.4 Å². The summed E-state index contributed by atoms with van der Waals surface area (Å²) < 4.78 is 21.9. The van der Waals surface area contributed by atoms with Crippen molar-refractivity contribution < 1.29 is 27.6 Å². The van der Waals surface area contributed by atoms with Crippen LogP contribution in [-0.2, 0) is 13.3 Å². The summed E-state index contributed by atoms with van der Waals surface area (Å²) in [5.74, 6) is -0.0730. The van der Waals surface area contributed by atoms with E-state index in [2.05, 4.69) is 0 Å². The maximum Gasteiger partial charge on any atom is 0.500 e. The van der Waals surface area contributed by atoms with Crippen LogP contribution in [0.5, 0.6) is 5.75 Å². The monoisotopic (exact) mass is 401 g/mol. The van der Waals surface area contributed by atoms with Crippen molar-refractivity contribution in [3.63, 3.8) is 0 Å². The molecule has 0 radical (unpaired) electrons. The summed E-state index contributed by atoms with van der Waals surface area (Å²) in [5, 5.41) is 0. The van der Waals surface area contributed by atoms with Gasteiger partial charge in [0.05, 0.1) is 23.4 Å². The summed E-state index contributed by atoms with van der Waals surface area (Å²) in [7, 11) is 2.11. The molecule has 2 aromatic carbocycles. The third kappa shape index (κ3) is 3.85. The lowest BCUT2D eigenvalue weighted by molar-refractivity contribution is 0.0926. The molecule has 0 unspecified atom stereocenters. The maximum absolute atomic E-state index is 12.6. The molecule has 1 heterocycles. The quantitative estimate of drug-likeness (QED) is 0.365. The molecule has 0 saturated heterocycles. The van der Waals surface area contributed by atoms with E-state index < -0.39 is 8.80 Å². The average Bonchev–Trinajstić information content (AvgIpc) is 2.99. The van der Waals surface area contributed by atoms with E-state index in [1.807, 2.05) is 0 Å². The van der Waals surface area contributed by atoms with Crippen LogP contribution in [0.25, 0.3) is 0 Å². The third-order valence-corrected chi connectivity index (χ3v) is 7.53. The Labute approximate surface area is 165 Å². The van der Waals surface area contributed by atoms with E-state index in [0.29, 0.717) is 41.6 Å². The number of carbonyl (C=O) groups excluding carboxylic acids is 2. The van der Waals surface area contributed by atoms with E-state index in [4.69, 9.17) is 18.0 Å². The van der Waals surface area contributed by atoms with E-state index in [0.717, 1.165) is 0 Å². The van der Waals surface area contributed by atoms with Gasteiger partial charge in [-0.25, -0.2) is 4.90 Å². The van der Waals surface area contributed by atoms with Gasteiger partial charge in [-0.15, -0.1) is 0 Å². The van der Waals surface area contributed by atoms with E-state index in [1.54, 1.807) is 69.9 Å². The van der Waals surface area contributed by atoms with E-state index in [1.165, 1.54) is 4.90 Å². The minimum absolute atomic E-state index is 0.325. The molecule has 148 valence electrons. The normalized spacial score (nSPS) is 13.8. The van der Waals surface area contributed by atoms with Gasteiger partial charge in [-0.2, -0.15) is 0 Å². The van der Waals surface area contributed by atoms with Gasteiger partial charge in [-0.1, -0.05) is 18.2 Å². The SMILES string of the molecule is CO[Si](CCCOc1cccc(N2C(=O)c3ccccc3C2=O)c1)(OC)OC. The minimum atomic E-state index is -2.62. The first-order valence-electron chi connectivity index (χ1n) is 8.91. The van der Waals surface area contributed by atoms with Gasteiger partial charge >= 0.3 is 8.80 Å². The summed E-state index contributed by atoms with van der Waals surface area (Å²) in [6.07, 6.45) is 0.680. The molecule has 0 N–H and O–H groups in total. The molecule has 7 nitrogen and oxygen atoms in total. The Morgan fingerprint density at radius 1 is 0.857 bits per heavy atom. The molecule has 0 aromatic heterocycles. The van der Waals surface area contributed by atoms with Gasteiger partial charge in [0.2, 0.25) is 0 Å². The highest BCUT2D eigenvalue weighted by molar-refractivity contribution is 6.60. The van der Waals surface area contributed by atoms with Crippen molar-refractivity contribution in [2.45, 2.75) is 12.5 Å². The first-order chi connectivity index (χ1) is 13.5. The molecule has 0 aliphatic carbocycles. The first-order valence-corrected chi connectivity index (χ1v) is 10.8. The van der Waals surface area contributed by atoms with Crippen LogP contribution < -0.4 is 9.64 Å². The van der Waals surface area contributed by atoms with Crippen LogP contribution in [0.1, 0.15) is 27.1 Å². The molecule has 0 atom stereocenters. The number of amides is 2. The van der Waals surface area contributed by atoms with Crippen LogP contribution in [0.4, 0.5) is 5.69 Å². The summed E-state index contributed by atoms with van der Waals surface area (Å²) >= 11 is 0. The zero-order valence-electron chi connectivity index (χ0n) is 16.1. The van der Waals surface area contributed by atoms with Gasteiger partial charge < -0.3 is 18.0 Å². The second-order valence-corrected chi connectivity index (χ2v) is 9.33.